The van der Waals surface area contributed by atoms with E-state index in [1.165, 1.54) is 12.1 Å². The van der Waals surface area contributed by atoms with Gasteiger partial charge in [0.2, 0.25) is 0 Å². The number of nitrogens with one attached hydrogen (secondary N) is 1. The zero-order valence-corrected chi connectivity index (χ0v) is 12.2. The van der Waals surface area contributed by atoms with Gasteiger partial charge in [-0.1, -0.05) is 15.9 Å². The van der Waals surface area contributed by atoms with Gasteiger partial charge in [0.05, 0.1) is 6.04 Å². The lowest BCUT2D eigenvalue weighted by Crippen LogP contribution is -2.30. The summed E-state index contributed by atoms with van der Waals surface area (Å²) >= 11 is 3.15. The van der Waals surface area contributed by atoms with Crippen LogP contribution in [0.15, 0.2) is 34.8 Å². The number of hydrogen-bond donors (Lipinski definition) is 2. The molecular weight excluding hydrogens is 352 g/mol. The molecule has 2 rings (SSSR count). The third-order valence-electron chi connectivity index (χ3n) is 2.97. The Morgan fingerprint density at radius 3 is 2.14 bits per heavy atom. The average molecular weight is 363 g/mol. The van der Waals surface area contributed by atoms with Gasteiger partial charge in [-0.2, -0.15) is 0 Å². The first kappa shape index (κ1) is 15.9. The molecule has 112 valence electrons. The summed E-state index contributed by atoms with van der Waals surface area (Å²) in [5.74, 6) is 0.781. The molecule has 0 radical (unpaired) electrons. The highest BCUT2D eigenvalue weighted by Gasteiger charge is 2.17. The summed E-state index contributed by atoms with van der Waals surface area (Å²) in [6.45, 7) is 0. The molecule has 0 aliphatic carbocycles. The van der Waals surface area contributed by atoms with Crippen LogP contribution in [0.4, 0.5) is 17.6 Å². The molecular formula is C14H11BrF4N2. The maximum atomic E-state index is 13.3. The monoisotopic (exact) mass is 362 g/mol. The molecule has 0 aliphatic rings. The summed E-state index contributed by atoms with van der Waals surface area (Å²) in [5.41, 5.74) is 3.08. The van der Waals surface area contributed by atoms with Crippen molar-refractivity contribution in [3.05, 3.63) is 69.2 Å². The number of halogens is 5. The molecule has 21 heavy (non-hydrogen) atoms. The van der Waals surface area contributed by atoms with Gasteiger partial charge in [-0.05, 0) is 47.9 Å². The highest BCUT2D eigenvalue weighted by Crippen LogP contribution is 2.24. The predicted molar refractivity (Wildman–Crippen MR) is 74.2 cm³/mol. The second-order valence-corrected chi connectivity index (χ2v) is 5.42. The maximum Gasteiger partial charge on any atom is 0.194 e. The molecule has 1 atom stereocenters. The van der Waals surface area contributed by atoms with Gasteiger partial charge in [-0.15, -0.1) is 0 Å². The molecule has 0 saturated heterocycles. The number of nitrogens with two attached hydrogens (primary N) is 1. The molecule has 0 fully saturated rings. The van der Waals surface area contributed by atoms with Crippen molar-refractivity contribution in [2.45, 2.75) is 12.5 Å². The van der Waals surface area contributed by atoms with Crippen molar-refractivity contribution >= 4 is 15.9 Å². The molecule has 0 aromatic heterocycles. The van der Waals surface area contributed by atoms with Crippen LogP contribution in [0.3, 0.4) is 0 Å². The highest BCUT2D eigenvalue weighted by atomic mass is 79.9. The van der Waals surface area contributed by atoms with Crippen LogP contribution in [0.5, 0.6) is 0 Å². The minimum atomic E-state index is -1.54. The average Bonchev–Trinajstić information content (AvgIpc) is 2.40. The van der Waals surface area contributed by atoms with Crippen molar-refractivity contribution in [1.82, 2.24) is 5.43 Å². The van der Waals surface area contributed by atoms with Gasteiger partial charge < -0.3 is 0 Å². The van der Waals surface area contributed by atoms with Gasteiger partial charge in [0, 0.05) is 4.47 Å². The molecule has 2 aromatic rings. The zero-order valence-electron chi connectivity index (χ0n) is 10.6. The molecule has 7 heteroatoms. The fourth-order valence-electron chi connectivity index (χ4n) is 2.01. The molecule has 1 unspecified atom stereocenters. The topological polar surface area (TPSA) is 38.0 Å². The fourth-order valence-corrected chi connectivity index (χ4v) is 2.53. The van der Waals surface area contributed by atoms with Crippen LogP contribution in [0.2, 0.25) is 0 Å². The molecule has 2 aromatic carbocycles. The summed E-state index contributed by atoms with van der Waals surface area (Å²) in [7, 11) is 0. The van der Waals surface area contributed by atoms with Gasteiger partial charge in [-0.25, -0.2) is 17.6 Å². The quantitative estimate of drug-likeness (QED) is 0.376. The summed E-state index contributed by atoms with van der Waals surface area (Å²) in [6, 6.07) is 5.25. The zero-order chi connectivity index (χ0) is 15.6. The van der Waals surface area contributed by atoms with E-state index in [-0.39, 0.29) is 12.0 Å². The van der Waals surface area contributed by atoms with E-state index in [0.717, 1.165) is 12.1 Å². The first-order valence-corrected chi connectivity index (χ1v) is 6.75. The van der Waals surface area contributed by atoms with Crippen molar-refractivity contribution in [3.63, 3.8) is 0 Å². The summed E-state index contributed by atoms with van der Waals surface area (Å²) in [6.07, 6.45) is 0.178. The Kier molecular flexibility index (Phi) is 4.97. The number of hydrazine groups is 1. The van der Waals surface area contributed by atoms with Gasteiger partial charge in [-0.3, -0.25) is 11.3 Å². The number of rotatable bonds is 4. The van der Waals surface area contributed by atoms with Crippen LogP contribution in [0.1, 0.15) is 17.2 Å². The van der Waals surface area contributed by atoms with Gasteiger partial charge in [0.15, 0.2) is 17.5 Å². The SMILES string of the molecule is NNC(Cc1cc(F)cc(Br)c1)c1cc(F)c(F)c(F)c1. The van der Waals surface area contributed by atoms with Crippen molar-refractivity contribution in [3.8, 4) is 0 Å². The van der Waals surface area contributed by atoms with Gasteiger partial charge in [0.1, 0.15) is 5.82 Å². The van der Waals surface area contributed by atoms with Crippen LogP contribution in [-0.4, -0.2) is 0 Å². The van der Waals surface area contributed by atoms with Crippen LogP contribution in [0.25, 0.3) is 0 Å². The van der Waals surface area contributed by atoms with Crippen molar-refractivity contribution in [1.29, 1.82) is 0 Å². The van der Waals surface area contributed by atoms with Crippen molar-refractivity contribution in [2.75, 3.05) is 0 Å². The largest absolute Gasteiger partial charge is 0.271 e. The van der Waals surface area contributed by atoms with Crippen LogP contribution in [-0.2, 0) is 6.42 Å². The Bertz CT molecular complexity index is 620. The van der Waals surface area contributed by atoms with E-state index in [2.05, 4.69) is 21.4 Å². The summed E-state index contributed by atoms with van der Waals surface area (Å²) < 4.78 is 53.3. The maximum absolute atomic E-state index is 13.3. The Labute approximate surface area is 127 Å². The van der Waals surface area contributed by atoms with Crippen LogP contribution >= 0.6 is 15.9 Å². The predicted octanol–water partition coefficient (Wildman–Crippen LogP) is 3.75. The van der Waals surface area contributed by atoms with E-state index in [4.69, 9.17) is 5.84 Å². The van der Waals surface area contributed by atoms with E-state index in [9.17, 15) is 17.6 Å². The third kappa shape index (κ3) is 3.81. The molecule has 0 saturated carbocycles. The van der Waals surface area contributed by atoms with Crippen molar-refractivity contribution < 1.29 is 17.6 Å². The Balaban J connectivity index is 2.31. The second-order valence-electron chi connectivity index (χ2n) is 4.50. The molecule has 0 amide bonds. The van der Waals surface area contributed by atoms with E-state index in [1.807, 2.05) is 0 Å². The Morgan fingerprint density at radius 2 is 1.62 bits per heavy atom. The van der Waals surface area contributed by atoms with E-state index >= 15 is 0 Å². The van der Waals surface area contributed by atoms with Crippen LogP contribution in [0, 0.1) is 23.3 Å². The van der Waals surface area contributed by atoms with E-state index in [0.29, 0.717) is 10.0 Å². The number of hydrogen-bond acceptors (Lipinski definition) is 2. The normalized spacial score (nSPS) is 12.5. The van der Waals surface area contributed by atoms with E-state index in [1.54, 1.807) is 6.07 Å². The first-order valence-electron chi connectivity index (χ1n) is 5.96. The summed E-state index contributed by atoms with van der Waals surface area (Å²) in [5, 5.41) is 0. The molecule has 3 N–H and O–H groups in total. The lowest BCUT2D eigenvalue weighted by Gasteiger charge is -2.17. The standard InChI is InChI=1S/C14H11BrF4N2/c15-9-1-7(2-10(16)6-9)3-13(21-20)8-4-11(17)14(19)12(18)5-8/h1-2,4-6,13,21H,3,20H2. The molecule has 0 aliphatic heterocycles. The Hall–Kier alpha value is -1.44. The summed E-state index contributed by atoms with van der Waals surface area (Å²) in [4.78, 5) is 0. The molecule has 2 nitrogen and oxygen atoms in total. The smallest absolute Gasteiger partial charge is 0.194 e. The fraction of sp³-hybridized carbons (Fsp3) is 0.143. The van der Waals surface area contributed by atoms with Gasteiger partial charge in [0.25, 0.3) is 0 Å². The first-order chi connectivity index (χ1) is 9.90. The molecule has 0 spiro atoms. The lowest BCUT2D eigenvalue weighted by molar-refractivity contribution is 0.439. The minimum Gasteiger partial charge on any atom is -0.271 e. The highest BCUT2D eigenvalue weighted by molar-refractivity contribution is 9.10. The lowest BCUT2D eigenvalue weighted by atomic mass is 9.99. The second kappa shape index (κ2) is 6.55. The van der Waals surface area contributed by atoms with E-state index < -0.39 is 29.3 Å². The van der Waals surface area contributed by atoms with Crippen molar-refractivity contribution in [2.24, 2.45) is 5.84 Å². The molecule has 0 heterocycles. The van der Waals surface area contributed by atoms with Gasteiger partial charge >= 0.3 is 0 Å². The molecule has 0 bridgehead atoms. The minimum absolute atomic E-state index is 0.134. The third-order valence-corrected chi connectivity index (χ3v) is 3.43. The van der Waals surface area contributed by atoms with Crippen LogP contribution < -0.4 is 11.3 Å². The number of benzene rings is 2. The Morgan fingerprint density at radius 1 is 1.00 bits per heavy atom.